The Labute approximate surface area is 203 Å². The summed E-state index contributed by atoms with van der Waals surface area (Å²) in [4.78, 5) is 12.9. The Hall–Kier alpha value is -2.74. The van der Waals surface area contributed by atoms with E-state index < -0.39 is 25.1 Å². The maximum Gasteiger partial charge on any atom is 0.242 e. The van der Waals surface area contributed by atoms with Gasteiger partial charge >= 0.3 is 0 Å². The number of amides is 1. The second kappa shape index (κ2) is 10.3. The average Bonchev–Trinajstić information content (AvgIpc) is 3.13. The van der Waals surface area contributed by atoms with Crippen LogP contribution >= 0.6 is 11.8 Å². The minimum atomic E-state index is -3.59. The number of hydrogen-bond donors (Lipinski definition) is 1. The Kier molecular flexibility index (Phi) is 7.81. The van der Waals surface area contributed by atoms with Crippen molar-refractivity contribution in [3.63, 3.8) is 0 Å². The van der Waals surface area contributed by atoms with Gasteiger partial charge in [-0.3, -0.25) is 4.79 Å². The smallest absolute Gasteiger partial charge is 0.242 e. The molecule has 3 aromatic rings. The summed E-state index contributed by atoms with van der Waals surface area (Å²) in [5, 5.41) is 10.6. The first-order valence-electron chi connectivity index (χ1n) is 10.1. The number of sulfone groups is 1. The number of sulfonamides is 1. The molecule has 1 atom stereocenters. The predicted molar refractivity (Wildman–Crippen MR) is 130 cm³/mol. The van der Waals surface area contributed by atoms with E-state index in [1.54, 1.807) is 36.7 Å². The molecular weight excluding hydrogens is 498 g/mol. The van der Waals surface area contributed by atoms with Gasteiger partial charge < -0.3 is 9.88 Å². The molecule has 1 aromatic heterocycles. The standard InChI is InChI=1S/C21H25N5O5S3/c1-15(20(27)22-16-10-12-18(13-11-16)34(30,31)25(2)3)32-21-24-23-19(26(21)4)14-33(28,29)17-8-6-5-7-9-17/h5-13,15H,14H2,1-4H3,(H,22,27). The molecule has 1 heterocycles. The molecule has 1 N–H and O–H groups in total. The topological polar surface area (TPSA) is 131 Å². The molecule has 1 unspecified atom stereocenters. The Balaban J connectivity index is 1.65. The van der Waals surface area contributed by atoms with E-state index in [-0.39, 0.29) is 27.3 Å². The third kappa shape index (κ3) is 5.84. The molecule has 2 aromatic carbocycles. The number of anilines is 1. The lowest BCUT2D eigenvalue weighted by molar-refractivity contribution is -0.115. The van der Waals surface area contributed by atoms with E-state index in [9.17, 15) is 21.6 Å². The Morgan fingerprint density at radius 2 is 1.62 bits per heavy atom. The summed E-state index contributed by atoms with van der Waals surface area (Å²) in [5.41, 5.74) is 0.447. The summed E-state index contributed by atoms with van der Waals surface area (Å²) in [7, 11) is -2.61. The van der Waals surface area contributed by atoms with E-state index in [4.69, 9.17) is 0 Å². The molecule has 13 heteroatoms. The van der Waals surface area contributed by atoms with Gasteiger partial charge in [0.1, 0.15) is 11.6 Å². The first-order chi connectivity index (χ1) is 15.9. The highest BCUT2D eigenvalue weighted by Crippen LogP contribution is 2.25. The van der Waals surface area contributed by atoms with Gasteiger partial charge in [0.25, 0.3) is 0 Å². The average molecular weight is 524 g/mol. The van der Waals surface area contributed by atoms with Crippen molar-refractivity contribution in [2.45, 2.75) is 32.9 Å². The summed E-state index contributed by atoms with van der Waals surface area (Å²) in [6.07, 6.45) is 0. The Morgan fingerprint density at radius 3 is 2.21 bits per heavy atom. The number of hydrogen-bond acceptors (Lipinski definition) is 8. The zero-order chi connectivity index (χ0) is 25.1. The number of benzene rings is 2. The molecule has 1 amide bonds. The zero-order valence-corrected chi connectivity index (χ0v) is 21.5. The van der Waals surface area contributed by atoms with Gasteiger partial charge in [0.05, 0.1) is 15.0 Å². The van der Waals surface area contributed by atoms with Crippen LogP contribution in [0.3, 0.4) is 0 Å². The fraction of sp³-hybridized carbons (Fsp3) is 0.286. The van der Waals surface area contributed by atoms with Crippen LogP contribution in [0.25, 0.3) is 0 Å². The first-order valence-corrected chi connectivity index (χ1v) is 14.0. The van der Waals surface area contributed by atoms with Gasteiger partial charge in [-0.1, -0.05) is 30.0 Å². The van der Waals surface area contributed by atoms with Crippen LogP contribution in [0.1, 0.15) is 12.7 Å². The third-order valence-corrected chi connectivity index (χ3v) is 9.49. The fourth-order valence-corrected chi connectivity index (χ4v) is 5.90. The molecule has 0 aliphatic rings. The van der Waals surface area contributed by atoms with E-state index in [0.717, 1.165) is 16.1 Å². The summed E-state index contributed by atoms with van der Waals surface area (Å²) in [5.74, 6) is -0.379. The fourth-order valence-electron chi connectivity index (χ4n) is 2.83. The Bertz CT molecular complexity index is 1370. The summed E-state index contributed by atoms with van der Waals surface area (Å²) in [6.45, 7) is 1.68. The van der Waals surface area contributed by atoms with Crippen LogP contribution < -0.4 is 5.32 Å². The van der Waals surface area contributed by atoms with Crippen LogP contribution in [0, 0.1) is 0 Å². The molecular formula is C21H25N5O5S3. The lowest BCUT2D eigenvalue weighted by atomic mass is 10.3. The predicted octanol–water partition coefficient (Wildman–Crippen LogP) is 2.16. The highest BCUT2D eigenvalue weighted by molar-refractivity contribution is 8.00. The highest BCUT2D eigenvalue weighted by atomic mass is 32.2. The lowest BCUT2D eigenvalue weighted by Crippen LogP contribution is -2.23. The molecule has 3 rings (SSSR count). The van der Waals surface area contributed by atoms with E-state index in [1.165, 1.54) is 50.5 Å². The molecule has 0 fully saturated rings. The maximum absolute atomic E-state index is 12.6. The largest absolute Gasteiger partial charge is 0.325 e. The van der Waals surface area contributed by atoms with Crippen LogP contribution in [0.5, 0.6) is 0 Å². The second-order valence-electron chi connectivity index (χ2n) is 7.59. The van der Waals surface area contributed by atoms with E-state index in [2.05, 4.69) is 15.5 Å². The molecule has 0 aliphatic heterocycles. The van der Waals surface area contributed by atoms with Gasteiger partial charge in [0.2, 0.25) is 15.9 Å². The number of carbonyl (C=O) groups excluding carboxylic acids is 1. The van der Waals surface area contributed by atoms with Crippen molar-refractivity contribution in [2.24, 2.45) is 7.05 Å². The van der Waals surface area contributed by atoms with E-state index in [1.807, 2.05) is 0 Å². The molecule has 0 saturated carbocycles. The minimum absolute atomic E-state index is 0.120. The molecule has 34 heavy (non-hydrogen) atoms. The highest BCUT2D eigenvalue weighted by Gasteiger charge is 2.23. The van der Waals surface area contributed by atoms with Crippen LogP contribution in [-0.4, -0.2) is 61.2 Å². The van der Waals surface area contributed by atoms with Crippen molar-refractivity contribution in [1.29, 1.82) is 0 Å². The van der Waals surface area contributed by atoms with E-state index >= 15 is 0 Å². The number of aromatic nitrogens is 3. The van der Waals surface area contributed by atoms with Crippen molar-refractivity contribution in [3.8, 4) is 0 Å². The molecule has 0 bridgehead atoms. The van der Waals surface area contributed by atoms with Crippen LogP contribution in [0.2, 0.25) is 0 Å². The van der Waals surface area contributed by atoms with Gasteiger partial charge in [-0.05, 0) is 43.3 Å². The van der Waals surface area contributed by atoms with Crippen molar-refractivity contribution < 1.29 is 21.6 Å². The maximum atomic E-state index is 12.6. The summed E-state index contributed by atoms with van der Waals surface area (Å²) < 4.78 is 52.2. The van der Waals surface area contributed by atoms with Gasteiger partial charge in [0, 0.05) is 26.8 Å². The number of carbonyl (C=O) groups is 1. The van der Waals surface area contributed by atoms with Crippen molar-refractivity contribution in [3.05, 3.63) is 60.4 Å². The van der Waals surface area contributed by atoms with Gasteiger partial charge in [-0.15, -0.1) is 10.2 Å². The van der Waals surface area contributed by atoms with Gasteiger partial charge in [0.15, 0.2) is 15.0 Å². The lowest BCUT2D eigenvalue weighted by Gasteiger charge is -2.13. The molecule has 0 saturated heterocycles. The summed E-state index contributed by atoms with van der Waals surface area (Å²) in [6, 6.07) is 14.0. The number of nitrogens with zero attached hydrogens (tertiary/aromatic N) is 4. The molecule has 0 aliphatic carbocycles. The Morgan fingerprint density at radius 1 is 1.00 bits per heavy atom. The number of thioether (sulfide) groups is 1. The number of nitrogens with one attached hydrogen (secondary N) is 1. The van der Waals surface area contributed by atoms with Gasteiger partial charge in [-0.25, -0.2) is 21.1 Å². The monoisotopic (exact) mass is 523 g/mol. The molecule has 0 radical (unpaired) electrons. The number of rotatable bonds is 9. The van der Waals surface area contributed by atoms with Crippen LogP contribution in [0.4, 0.5) is 5.69 Å². The summed E-state index contributed by atoms with van der Waals surface area (Å²) >= 11 is 1.13. The van der Waals surface area contributed by atoms with Gasteiger partial charge in [-0.2, -0.15) is 0 Å². The quantitative estimate of drug-likeness (QED) is 0.422. The first kappa shape index (κ1) is 25.9. The van der Waals surface area contributed by atoms with Crippen molar-refractivity contribution in [1.82, 2.24) is 19.1 Å². The van der Waals surface area contributed by atoms with Crippen LogP contribution in [0.15, 0.2) is 69.5 Å². The second-order valence-corrected chi connectivity index (χ2v) is 13.0. The van der Waals surface area contributed by atoms with Crippen LogP contribution in [-0.2, 0) is 37.5 Å². The normalized spacial score (nSPS) is 13.1. The van der Waals surface area contributed by atoms with Crippen molar-refractivity contribution >= 4 is 43.2 Å². The molecule has 0 spiro atoms. The third-order valence-electron chi connectivity index (χ3n) is 4.90. The minimum Gasteiger partial charge on any atom is -0.325 e. The molecule has 10 nitrogen and oxygen atoms in total. The SMILES string of the molecule is CC(Sc1nnc(CS(=O)(=O)c2ccccc2)n1C)C(=O)Nc1ccc(S(=O)(=O)N(C)C)cc1. The zero-order valence-electron chi connectivity index (χ0n) is 19.0. The van der Waals surface area contributed by atoms with Crippen molar-refractivity contribution in [2.75, 3.05) is 19.4 Å². The molecule has 182 valence electrons. The van der Waals surface area contributed by atoms with E-state index in [0.29, 0.717) is 10.8 Å².